The molecular weight excluding hydrogens is 393 g/mol. The molecule has 0 aliphatic heterocycles. The van der Waals surface area contributed by atoms with Crippen LogP contribution in [-0.4, -0.2) is 22.3 Å². The summed E-state index contributed by atoms with van der Waals surface area (Å²) in [4.78, 5) is 18.4. The highest BCUT2D eigenvalue weighted by Gasteiger charge is 2.18. The Hall–Kier alpha value is -3.98. The summed E-state index contributed by atoms with van der Waals surface area (Å²) in [6.45, 7) is 4.34. The van der Waals surface area contributed by atoms with Gasteiger partial charge in [-0.15, -0.1) is 0 Å². The van der Waals surface area contributed by atoms with Crippen molar-refractivity contribution in [1.82, 2.24) is 9.88 Å². The molecule has 1 unspecified atom stereocenters. The summed E-state index contributed by atoms with van der Waals surface area (Å²) >= 11 is 0. The number of hydrogen-bond acceptors (Lipinski definition) is 4. The summed E-state index contributed by atoms with van der Waals surface area (Å²) in [6.07, 6.45) is 6.11. The van der Waals surface area contributed by atoms with Gasteiger partial charge in [-0.25, -0.2) is 4.39 Å². The maximum absolute atomic E-state index is 14.4. The van der Waals surface area contributed by atoms with Gasteiger partial charge in [0, 0.05) is 18.8 Å². The molecule has 0 saturated heterocycles. The Morgan fingerprint density at radius 2 is 2.03 bits per heavy atom. The fourth-order valence-electron chi connectivity index (χ4n) is 3.14. The van der Waals surface area contributed by atoms with Gasteiger partial charge >= 0.3 is 0 Å². The average Bonchev–Trinajstić information content (AvgIpc) is 2.80. The summed E-state index contributed by atoms with van der Waals surface area (Å²) in [5.74, 6) is -0.191. The third-order valence-corrected chi connectivity index (χ3v) is 4.85. The molecule has 0 saturated carbocycles. The van der Waals surface area contributed by atoms with E-state index in [1.807, 2.05) is 26.0 Å². The van der Waals surface area contributed by atoms with Crippen LogP contribution in [-0.2, 0) is 4.79 Å². The van der Waals surface area contributed by atoms with Crippen LogP contribution >= 0.6 is 0 Å². The van der Waals surface area contributed by atoms with E-state index in [0.717, 1.165) is 5.56 Å². The molecule has 0 spiro atoms. The zero-order valence-corrected chi connectivity index (χ0v) is 17.3. The van der Waals surface area contributed by atoms with E-state index >= 15 is 0 Å². The molecule has 1 aromatic heterocycles. The Morgan fingerprint density at radius 3 is 2.65 bits per heavy atom. The number of aromatic nitrogens is 1. The van der Waals surface area contributed by atoms with Crippen molar-refractivity contribution in [3.05, 3.63) is 95.6 Å². The first kappa shape index (κ1) is 21.7. The third-order valence-electron chi connectivity index (χ3n) is 4.85. The lowest BCUT2D eigenvalue weighted by atomic mass is 10.0. The number of pyridine rings is 1. The lowest BCUT2D eigenvalue weighted by Crippen LogP contribution is -2.32. The number of nitriles is 1. The van der Waals surface area contributed by atoms with E-state index in [0.29, 0.717) is 23.4 Å². The minimum Gasteiger partial charge on any atom is -0.453 e. The predicted octanol–water partition coefficient (Wildman–Crippen LogP) is 5.51. The van der Waals surface area contributed by atoms with E-state index in [4.69, 9.17) is 10.00 Å². The van der Waals surface area contributed by atoms with E-state index in [9.17, 15) is 9.18 Å². The number of carbonyl (C=O) groups excluding carboxylic acids is 1. The van der Waals surface area contributed by atoms with Gasteiger partial charge in [-0.3, -0.25) is 9.78 Å². The largest absolute Gasteiger partial charge is 0.453 e. The fourth-order valence-corrected chi connectivity index (χ4v) is 3.14. The molecular formula is C25H22FN3O2. The number of hydrogen-bond donors (Lipinski definition) is 0. The standard InChI is InChI=1S/C25H22FN3O2/c1-3-29(18(2)21-10-6-20(16-27)7-11-21)25(30)13-9-19-8-12-24(23(26)15-19)31-22-5-4-14-28-17-22/h4-15,17-18H,3H2,1-2H3/b13-9+. The highest BCUT2D eigenvalue weighted by molar-refractivity contribution is 5.92. The topological polar surface area (TPSA) is 66.2 Å². The molecule has 1 heterocycles. The molecule has 5 nitrogen and oxygen atoms in total. The zero-order chi connectivity index (χ0) is 22.2. The normalized spacial score (nSPS) is 11.7. The Morgan fingerprint density at radius 1 is 1.26 bits per heavy atom. The summed E-state index contributed by atoms with van der Waals surface area (Å²) in [5, 5.41) is 8.94. The number of ether oxygens (including phenoxy) is 1. The lowest BCUT2D eigenvalue weighted by Gasteiger charge is -2.27. The summed E-state index contributed by atoms with van der Waals surface area (Å²) < 4.78 is 19.9. The van der Waals surface area contributed by atoms with Crippen LogP contribution in [0.3, 0.4) is 0 Å². The van der Waals surface area contributed by atoms with Gasteiger partial charge in [-0.1, -0.05) is 18.2 Å². The minimum absolute atomic E-state index is 0.0844. The van der Waals surface area contributed by atoms with E-state index in [-0.39, 0.29) is 17.7 Å². The van der Waals surface area contributed by atoms with Gasteiger partial charge in [0.15, 0.2) is 11.6 Å². The van der Waals surface area contributed by atoms with Crippen LogP contribution in [0.5, 0.6) is 11.5 Å². The summed E-state index contributed by atoms with van der Waals surface area (Å²) in [6, 6.07) is 17.0. The van der Waals surface area contributed by atoms with Crippen molar-refractivity contribution in [2.75, 3.05) is 6.54 Å². The second-order valence-corrected chi connectivity index (χ2v) is 6.85. The number of carbonyl (C=O) groups is 1. The number of benzene rings is 2. The number of likely N-dealkylation sites (N-methyl/N-ethyl adjacent to an activating group) is 1. The van der Waals surface area contributed by atoms with Crippen LogP contribution < -0.4 is 4.74 Å². The zero-order valence-electron chi connectivity index (χ0n) is 17.3. The van der Waals surface area contributed by atoms with Gasteiger partial charge in [0.1, 0.15) is 5.75 Å². The maximum atomic E-state index is 14.4. The predicted molar refractivity (Wildman–Crippen MR) is 117 cm³/mol. The Balaban J connectivity index is 1.69. The maximum Gasteiger partial charge on any atom is 0.247 e. The Kier molecular flexibility index (Phi) is 7.13. The van der Waals surface area contributed by atoms with Crippen LogP contribution in [0.2, 0.25) is 0 Å². The molecule has 0 fully saturated rings. The van der Waals surface area contributed by atoms with Crippen molar-refractivity contribution >= 4 is 12.0 Å². The second-order valence-electron chi connectivity index (χ2n) is 6.85. The average molecular weight is 415 g/mol. The second kappa shape index (κ2) is 10.2. The Labute approximate surface area is 181 Å². The van der Waals surface area contributed by atoms with Gasteiger partial charge in [-0.05, 0) is 67.4 Å². The number of halogens is 1. The third kappa shape index (κ3) is 5.55. The van der Waals surface area contributed by atoms with Gasteiger partial charge < -0.3 is 9.64 Å². The van der Waals surface area contributed by atoms with Crippen LogP contribution in [0.1, 0.15) is 36.6 Å². The van der Waals surface area contributed by atoms with Gasteiger partial charge in [-0.2, -0.15) is 5.26 Å². The Bertz CT molecular complexity index is 1110. The highest BCUT2D eigenvalue weighted by atomic mass is 19.1. The van der Waals surface area contributed by atoms with Crippen molar-refractivity contribution in [1.29, 1.82) is 5.26 Å². The molecule has 0 radical (unpaired) electrons. The molecule has 1 atom stereocenters. The van der Waals surface area contributed by atoms with Crippen LogP contribution in [0.25, 0.3) is 6.08 Å². The number of rotatable bonds is 7. The molecule has 1 amide bonds. The molecule has 6 heteroatoms. The van der Waals surface area contributed by atoms with Crippen molar-refractivity contribution in [2.45, 2.75) is 19.9 Å². The minimum atomic E-state index is -0.531. The molecule has 3 aromatic rings. The first-order valence-corrected chi connectivity index (χ1v) is 9.88. The van der Waals surface area contributed by atoms with Crippen LogP contribution in [0.15, 0.2) is 73.1 Å². The molecule has 0 N–H and O–H groups in total. The summed E-state index contributed by atoms with van der Waals surface area (Å²) in [7, 11) is 0. The van der Waals surface area contributed by atoms with Gasteiger partial charge in [0.25, 0.3) is 0 Å². The van der Waals surface area contributed by atoms with E-state index < -0.39 is 5.82 Å². The first-order valence-electron chi connectivity index (χ1n) is 9.88. The smallest absolute Gasteiger partial charge is 0.247 e. The SMILES string of the molecule is CCN(C(=O)/C=C/c1ccc(Oc2cccnc2)c(F)c1)C(C)c1ccc(C#N)cc1. The van der Waals surface area contributed by atoms with E-state index in [2.05, 4.69) is 11.1 Å². The van der Waals surface area contributed by atoms with Gasteiger partial charge in [0.2, 0.25) is 5.91 Å². The van der Waals surface area contributed by atoms with Gasteiger partial charge in [0.05, 0.1) is 23.9 Å². The monoisotopic (exact) mass is 415 g/mol. The summed E-state index contributed by atoms with van der Waals surface area (Å²) in [5.41, 5.74) is 2.06. The van der Waals surface area contributed by atoms with E-state index in [1.165, 1.54) is 24.4 Å². The number of nitrogens with zero attached hydrogens (tertiary/aromatic N) is 3. The van der Waals surface area contributed by atoms with Crippen molar-refractivity contribution < 1.29 is 13.9 Å². The molecule has 2 aromatic carbocycles. The van der Waals surface area contributed by atoms with Crippen LogP contribution in [0, 0.1) is 17.1 Å². The van der Waals surface area contributed by atoms with E-state index in [1.54, 1.807) is 47.5 Å². The van der Waals surface area contributed by atoms with Crippen LogP contribution in [0.4, 0.5) is 4.39 Å². The van der Waals surface area contributed by atoms with Crippen molar-refractivity contribution in [2.24, 2.45) is 0 Å². The highest BCUT2D eigenvalue weighted by Crippen LogP contribution is 2.25. The molecule has 0 bridgehead atoms. The lowest BCUT2D eigenvalue weighted by molar-refractivity contribution is -0.127. The molecule has 31 heavy (non-hydrogen) atoms. The van der Waals surface area contributed by atoms with Crippen molar-refractivity contribution in [3.8, 4) is 17.6 Å². The molecule has 3 rings (SSSR count). The molecule has 0 aliphatic carbocycles. The van der Waals surface area contributed by atoms with Crippen molar-refractivity contribution in [3.63, 3.8) is 0 Å². The fraction of sp³-hybridized carbons (Fsp3) is 0.160. The number of amides is 1. The quantitative estimate of drug-likeness (QED) is 0.478. The molecule has 156 valence electrons. The first-order chi connectivity index (χ1) is 15.0. The molecule has 0 aliphatic rings.